The van der Waals surface area contributed by atoms with E-state index in [4.69, 9.17) is 21.4 Å². The summed E-state index contributed by atoms with van der Waals surface area (Å²) >= 11 is 6.07. The quantitative estimate of drug-likeness (QED) is 0.495. The third-order valence-electron chi connectivity index (χ3n) is 4.10. The van der Waals surface area contributed by atoms with Gasteiger partial charge in [-0.15, -0.1) is 0 Å². The SMILES string of the molecule is Cn1c(CNC(=O)O)c(Oc2ccc([N+](=O)[O-])cc2)c2cc(Cl)ccc2c1=O. The van der Waals surface area contributed by atoms with Crippen LogP contribution < -0.4 is 15.6 Å². The first kappa shape index (κ1) is 19.2. The fourth-order valence-corrected chi connectivity index (χ4v) is 2.90. The van der Waals surface area contributed by atoms with Gasteiger partial charge >= 0.3 is 6.09 Å². The van der Waals surface area contributed by atoms with Crippen LogP contribution in [0.5, 0.6) is 11.5 Å². The lowest BCUT2D eigenvalue weighted by atomic mass is 10.1. The van der Waals surface area contributed by atoms with Crippen LogP contribution in [0.25, 0.3) is 10.8 Å². The molecule has 1 amide bonds. The molecule has 2 N–H and O–H groups in total. The number of nitro benzene ring substituents is 1. The number of hydrogen-bond acceptors (Lipinski definition) is 5. The first-order valence-corrected chi connectivity index (χ1v) is 8.36. The molecule has 0 fully saturated rings. The van der Waals surface area contributed by atoms with Gasteiger partial charge in [0.05, 0.1) is 22.5 Å². The minimum absolute atomic E-state index is 0.103. The second-order valence-corrected chi connectivity index (χ2v) is 6.28. The molecular weight excluding hydrogens is 390 g/mol. The highest BCUT2D eigenvalue weighted by atomic mass is 35.5. The lowest BCUT2D eigenvalue weighted by Crippen LogP contribution is -2.28. The van der Waals surface area contributed by atoms with Crippen molar-refractivity contribution in [1.82, 2.24) is 9.88 Å². The Hall–Kier alpha value is -3.59. The van der Waals surface area contributed by atoms with Crippen molar-refractivity contribution in [3.63, 3.8) is 0 Å². The highest BCUT2D eigenvalue weighted by molar-refractivity contribution is 6.31. The van der Waals surface area contributed by atoms with E-state index in [0.717, 1.165) is 0 Å². The second kappa shape index (κ2) is 7.57. The molecule has 0 saturated heterocycles. The Kier molecular flexibility index (Phi) is 5.18. The van der Waals surface area contributed by atoms with Gasteiger partial charge in [0, 0.05) is 29.6 Å². The Labute approximate surface area is 162 Å². The van der Waals surface area contributed by atoms with Gasteiger partial charge in [-0.1, -0.05) is 11.6 Å². The minimum atomic E-state index is -1.26. The second-order valence-electron chi connectivity index (χ2n) is 5.84. The maximum absolute atomic E-state index is 12.6. The largest absolute Gasteiger partial charge is 0.465 e. The number of nitrogens with one attached hydrogen (secondary N) is 1. The van der Waals surface area contributed by atoms with Gasteiger partial charge < -0.3 is 19.7 Å². The first-order valence-electron chi connectivity index (χ1n) is 7.98. The average molecular weight is 404 g/mol. The smallest absolute Gasteiger partial charge is 0.404 e. The molecular formula is C18H14ClN3O6. The van der Waals surface area contributed by atoms with Gasteiger partial charge in [0.1, 0.15) is 5.75 Å². The number of halogens is 1. The Balaban J connectivity index is 2.19. The van der Waals surface area contributed by atoms with Gasteiger partial charge in [0.2, 0.25) is 0 Å². The number of aromatic nitrogens is 1. The van der Waals surface area contributed by atoms with Crippen molar-refractivity contribution in [1.29, 1.82) is 0 Å². The van der Waals surface area contributed by atoms with E-state index in [1.54, 1.807) is 18.2 Å². The highest BCUT2D eigenvalue weighted by Crippen LogP contribution is 2.34. The van der Waals surface area contributed by atoms with E-state index in [0.29, 0.717) is 15.8 Å². The minimum Gasteiger partial charge on any atom is -0.465 e. The first-order chi connectivity index (χ1) is 13.3. The van der Waals surface area contributed by atoms with Gasteiger partial charge in [-0.25, -0.2) is 4.79 Å². The third kappa shape index (κ3) is 3.74. The Morgan fingerprint density at radius 3 is 2.54 bits per heavy atom. The third-order valence-corrected chi connectivity index (χ3v) is 4.34. The van der Waals surface area contributed by atoms with Crippen molar-refractivity contribution in [3.8, 4) is 11.5 Å². The number of ether oxygens (including phenoxy) is 1. The molecule has 144 valence electrons. The van der Waals surface area contributed by atoms with Crippen molar-refractivity contribution in [2.45, 2.75) is 6.54 Å². The summed E-state index contributed by atoms with van der Waals surface area (Å²) in [6.07, 6.45) is -1.26. The molecule has 0 atom stereocenters. The standard InChI is InChI=1S/C18H14ClN3O6/c1-21-15(9-20-18(24)25)16(14-8-10(19)2-7-13(14)17(21)23)28-12-5-3-11(4-6-12)22(26)27/h2-8,20H,9H2,1H3,(H,24,25). The zero-order chi connectivity index (χ0) is 20.4. The monoisotopic (exact) mass is 403 g/mol. The summed E-state index contributed by atoms with van der Waals surface area (Å²) in [5.41, 5.74) is -0.168. The molecule has 9 nitrogen and oxygen atoms in total. The molecule has 0 aliphatic heterocycles. The number of fused-ring (bicyclic) bond motifs is 1. The molecule has 0 radical (unpaired) electrons. The molecule has 0 aliphatic rings. The molecule has 0 spiro atoms. The maximum atomic E-state index is 12.6. The molecule has 1 heterocycles. The average Bonchev–Trinajstić information content (AvgIpc) is 2.65. The fourth-order valence-electron chi connectivity index (χ4n) is 2.73. The van der Waals surface area contributed by atoms with Crippen LogP contribution in [-0.2, 0) is 13.6 Å². The summed E-state index contributed by atoms with van der Waals surface area (Å²) in [5, 5.41) is 23.1. The number of benzene rings is 2. The predicted octanol–water partition coefficient (Wildman–Crippen LogP) is 3.66. The molecule has 3 aromatic rings. The number of hydrogen-bond donors (Lipinski definition) is 2. The summed E-state index contributed by atoms with van der Waals surface area (Å²) in [7, 11) is 1.50. The number of rotatable bonds is 5. The molecule has 0 bridgehead atoms. The maximum Gasteiger partial charge on any atom is 0.404 e. The highest BCUT2D eigenvalue weighted by Gasteiger charge is 2.18. The number of nitrogens with zero attached hydrogens (tertiary/aromatic N) is 2. The van der Waals surface area contributed by atoms with E-state index in [-0.39, 0.29) is 35.0 Å². The van der Waals surface area contributed by atoms with E-state index >= 15 is 0 Å². The number of non-ortho nitro benzene ring substituents is 1. The van der Waals surface area contributed by atoms with Crippen molar-refractivity contribution < 1.29 is 19.6 Å². The van der Waals surface area contributed by atoms with Gasteiger partial charge in [-0.2, -0.15) is 0 Å². The van der Waals surface area contributed by atoms with E-state index in [9.17, 15) is 19.7 Å². The van der Waals surface area contributed by atoms with Crippen molar-refractivity contribution in [3.05, 3.63) is 73.6 Å². The molecule has 28 heavy (non-hydrogen) atoms. The number of amides is 1. The van der Waals surface area contributed by atoms with Crippen LogP contribution in [0.3, 0.4) is 0 Å². The summed E-state index contributed by atoms with van der Waals surface area (Å²) in [5.74, 6) is 0.504. The van der Waals surface area contributed by atoms with E-state index in [2.05, 4.69) is 5.32 Å². The number of carbonyl (C=O) groups is 1. The number of nitro groups is 1. The van der Waals surface area contributed by atoms with Crippen LogP contribution in [0, 0.1) is 10.1 Å². The number of pyridine rings is 1. The van der Waals surface area contributed by atoms with Crippen LogP contribution in [0.15, 0.2) is 47.3 Å². The van der Waals surface area contributed by atoms with E-state index in [1.807, 2.05) is 0 Å². The van der Waals surface area contributed by atoms with Crippen molar-refractivity contribution >= 4 is 34.2 Å². The molecule has 2 aromatic carbocycles. The lowest BCUT2D eigenvalue weighted by molar-refractivity contribution is -0.384. The van der Waals surface area contributed by atoms with E-state index in [1.165, 1.54) is 35.9 Å². The van der Waals surface area contributed by atoms with Crippen molar-refractivity contribution in [2.24, 2.45) is 7.05 Å². The number of carboxylic acid groups (broad SMARTS) is 1. The molecule has 0 saturated carbocycles. The van der Waals surface area contributed by atoms with Gasteiger partial charge in [-0.05, 0) is 30.3 Å². The summed E-state index contributed by atoms with van der Waals surface area (Å²) < 4.78 is 7.19. The fraction of sp³-hybridized carbons (Fsp3) is 0.111. The topological polar surface area (TPSA) is 124 Å². The molecule has 1 aromatic heterocycles. The summed E-state index contributed by atoms with van der Waals surface area (Å²) in [4.78, 5) is 33.9. The Morgan fingerprint density at radius 2 is 1.93 bits per heavy atom. The van der Waals surface area contributed by atoms with Gasteiger partial charge in [0.25, 0.3) is 11.2 Å². The summed E-state index contributed by atoms with van der Waals surface area (Å²) in [6.45, 7) is -0.189. The molecule has 0 unspecified atom stereocenters. The lowest BCUT2D eigenvalue weighted by Gasteiger charge is -2.17. The van der Waals surface area contributed by atoms with Crippen LogP contribution in [0.4, 0.5) is 10.5 Å². The zero-order valence-electron chi connectivity index (χ0n) is 14.5. The Morgan fingerprint density at radius 1 is 1.25 bits per heavy atom. The molecule has 10 heteroatoms. The molecule has 0 aliphatic carbocycles. The van der Waals surface area contributed by atoms with Gasteiger partial charge in [0.15, 0.2) is 5.75 Å². The van der Waals surface area contributed by atoms with Gasteiger partial charge in [-0.3, -0.25) is 14.9 Å². The van der Waals surface area contributed by atoms with Crippen LogP contribution in [0.2, 0.25) is 5.02 Å². The van der Waals surface area contributed by atoms with Crippen LogP contribution in [0.1, 0.15) is 5.69 Å². The zero-order valence-corrected chi connectivity index (χ0v) is 15.3. The van der Waals surface area contributed by atoms with Crippen LogP contribution in [-0.4, -0.2) is 20.7 Å². The normalized spacial score (nSPS) is 10.6. The van der Waals surface area contributed by atoms with Crippen molar-refractivity contribution in [2.75, 3.05) is 0 Å². The predicted molar refractivity (Wildman–Crippen MR) is 102 cm³/mol. The summed E-state index contributed by atoms with van der Waals surface area (Å²) in [6, 6.07) is 10.0. The van der Waals surface area contributed by atoms with E-state index < -0.39 is 11.0 Å². The molecule has 3 rings (SSSR count). The Bertz CT molecular complexity index is 1140. The van der Waals surface area contributed by atoms with Crippen LogP contribution >= 0.6 is 11.6 Å².